The fraction of sp³-hybridized carbons (Fsp3) is 0.714. The summed E-state index contributed by atoms with van der Waals surface area (Å²) in [5.41, 5.74) is 6.22. The maximum Gasteiger partial charge on any atom is 0.0615 e. The highest BCUT2D eigenvalue weighted by Crippen LogP contribution is 2.29. The predicted molar refractivity (Wildman–Crippen MR) is 80.6 cm³/mol. The molecule has 3 atom stereocenters. The second kappa shape index (κ2) is 8.66. The van der Waals surface area contributed by atoms with E-state index in [1.165, 1.54) is 4.88 Å². The summed E-state index contributed by atoms with van der Waals surface area (Å²) in [7, 11) is 3.46. The zero-order valence-electron chi connectivity index (χ0n) is 12.3. The lowest BCUT2D eigenvalue weighted by molar-refractivity contribution is 0.0411. The molecule has 4 nitrogen and oxygen atoms in total. The molecule has 0 spiro atoms. The molecule has 0 aliphatic carbocycles. The summed E-state index contributed by atoms with van der Waals surface area (Å²) in [5, 5.41) is 2.10. The quantitative estimate of drug-likeness (QED) is 0.755. The molecule has 1 aromatic rings. The molecule has 5 heteroatoms. The van der Waals surface area contributed by atoms with Crippen molar-refractivity contribution >= 4 is 11.3 Å². The third kappa shape index (κ3) is 4.85. The summed E-state index contributed by atoms with van der Waals surface area (Å²) in [6.07, 6.45) is 0. The van der Waals surface area contributed by atoms with Crippen LogP contribution in [0.25, 0.3) is 0 Å². The lowest BCUT2D eigenvalue weighted by atomic mass is 10.0. The largest absolute Gasteiger partial charge is 0.383 e. The Morgan fingerprint density at radius 3 is 2.53 bits per heavy atom. The Bertz CT molecular complexity index is 330. The van der Waals surface area contributed by atoms with Gasteiger partial charge in [-0.25, -0.2) is 0 Å². The molecule has 0 radical (unpaired) electrons. The molecule has 0 saturated heterocycles. The highest BCUT2D eigenvalue weighted by atomic mass is 32.1. The van der Waals surface area contributed by atoms with Crippen LogP contribution in [0.5, 0.6) is 0 Å². The molecule has 0 aromatic carbocycles. The smallest absolute Gasteiger partial charge is 0.0615 e. The van der Waals surface area contributed by atoms with Crippen LogP contribution in [-0.4, -0.2) is 51.0 Å². The second-order valence-corrected chi connectivity index (χ2v) is 5.83. The lowest BCUT2D eigenvalue weighted by Gasteiger charge is -2.37. The van der Waals surface area contributed by atoms with E-state index in [1.807, 2.05) is 0 Å². The molecule has 0 aliphatic rings. The fourth-order valence-electron chi connectivity index (χ4n) is 2.35. The molecule has 1 heterocycles. The maximum absolute atomic E-state index is 6.22. The van der Waals surface area contributed by atoms with Crippen molar-refractivity contribution in [2.24, 2.45) is 5.73 Å². The van der Waals surface area contributed by atoms with Crippen LogP contribution in [-0.2, 0) is 9.47 Å². The minimum atomic E-state index is 0.0646. The van der Waals surface area contributed by atoms with E-state index < -0.39 is 0 Å². The van der Waals surface area contributed by atoms with E-state index in [1.54, 1.807) is 25.6 Å². The standard InChI is InChI=1S/C14H26N2O2S/c1-11(10-18-4)16(7-8-17-3)14(12(2)15)13-6-5-9-19-13/h5-6,9,11-12,14H,7-8,10,15H2,1-4H3. The van der Waals surface area contributed by atoms with E-state index in [0.717, 1.165) is 6.54 Å². The van der Waals surface area contributed by atoms with Crippen molar-refractivity contribution in [3.63, 3.8) is 0 Å². The predicted octanol–water partition coefficient (Wildman–Crippen LogP) is 2.12. The molecule has 2 N–H and O–H groups in total. The third-order valence-corrected chi connectivity index (χ3v) is 4.16. The van der Waals surface area contributed by atoms with Crippen molar-refractivity contribution in [1.29, 1.82) is 0 Å². The second-order valence-electron chi connectivity index (χ2n) is 4.85. The molecular weight excluding hydrogens is 260 g/mol. The molecule has 0 saturated carbocycles. The van der Waals surface area contributed by atoms with Crippen LogP contribution in [0.2, 0.25) is 0 Å². The molecule has 3 unspecified atom stereocenters. The number of thiophene rings is 1. The van der Waals surface area contributed by atoms with Gasteiger partial charge in [-0.2, -0.15) is 0 Å². The molecule has 1 rings (SSSR count). The monoisotopic (exact) mass is 286 g/mol. The summed E-state index contributed by atoms with van der Waals surface area (Å²) in [6, 6.07) is 4.80. The molecule has 0 amide bonds. The number of ether oxygens (including phenoxy) is 2. The number of nitrogens with two attached hydrogens (primary N) is 1. The summed E-state index contributed by atoms with van der Waals surface area (Å²) in [5.74, 6) is 0. The van der Waals surface area contributed by atoms with Crippen molar-refractivity contribution in [3.8, 4) is 0 Å². The molecular formula is C14H26N2O2S. The first kappa shape index (κ1) is 16.6. The van der Waals surface area contributed by atoms with Crippen LogP contribution < -0.4 is 5.73 Å². The van der Waals surface area contributed by atoms with Gasteiger partial charge in [0.25, 0.3) is 0 Å². The SMILES string of the molecule is COCCN(C(C)COC)C(c1cccs1)C(C)N. The van der Waals surface area contributed by atoms with Gasteiger partial charge >= 0.3 is 0 Å². The van der Waals surface area contributed by atoms with E-state index in [-0.39, 0.29) is 12.1 Å². The summed E-state index contributed by atoms with van der Waals surface area (Å²) < 4.78 is 10.5. The van der Waals surface area contributed by atoms with Crippen molar-refractivity contribution in [2.45, 2.75) is 32.0 Å². The maximum atomic E-state index is 6.22. The zero-order valence-corrected chi connectivity index (χ0v) is 13.2. The van der Waals surface area contributed by atoms with E-state index in [2.05, 4.69) is 36.3 Å². The number of nitrogens with zero attached hydrogens (tertiary/aromatic N) is 1. The Morgan fingerprint density at radius 1 is 1.32 bits per heavy atom. The first-order valence-corrected chi connectivity index (χ1v) is 7.52. The minimum Gasteiger partial charge on any atom is -0.383 e. The highest BCUT2D eigenvalue weighted by Gasteiger charge is 2.28. The first-order chi connectivity index (χ1) is 9.11. The third-order valence-electron chi connectivity index (χ3n) is 3.22. The minimum absolute atomic E-state index is 0.0646. The average molecular weight is 286 g/mol. The average Bonchev–Trinajstić information content (AvgIpc) is 2.87. The fourth-order valence-corrected chi connectivity index (χ4v) is 3.31. The van der Waals surface area contributed by atoms with E-state index in [9.17, 15) is 0 Å². The van der Waals surface area contributed by atoms with Gasteiger partial charge in [0.15, 0.2) is 0 Å². The molecule has 110 valence electrons. The highest BCUT2D eigenvalue weighted by molar-refractivity contribution is 7.10. The molecule has 19 heavy (non-hydrogen) atoms. The summed E-state index contributed by atoms with van der Waals surface area (Å²) >= 11 is 1.75. The molecule has 0 aliphatic heterocycles. The van der Waals surface area contributed by atoms with Gasteiger partial charge < -0.3 is 15.2 Å². The van der Waals surface area contributed by atoms with Gasteiger partial charge in [-0.3, -0.25) is 4.90 Å². The molecule has 0 bridgehead atoms. The Hall–Kier alpha value is -0.460. The van der Waals surface area contributed by atoms with Gasteiger partial charge in [-0.15, -0.1) is 11.3 Å². The summed E-state index contributed by atoms with van der Waals surface area (Å²) in [6.45, 7) is 6.47. The number of hydrogen-bond acceptors (Lipinski definition) is 5. The van der Waals surface area contributed by atoms with Crippen LogP contribution >= 0.6 is 11.3 Å². The van der Waals surface area contributed by atoms with E-state index >= 15 is 0 Å². The van der Waals surface area contributed by atoms with Gasteiger partial charge in [0.1, 0.15) is 0 Å². The Labute approximate surface area is 120 Å². The number of hydrogen-bond donors (Lipinski definition) is 1. The van der Waals surface area contributed by atoms with E-state index in [4.69, 9.17) is 15.2 Å². The Balaban J connectivity index is 2.90. The summed E-state index contributed by atoms with van der Waals surface area (Å²) in [4.78, 5) is 3.68. The van der Waals surface area contributed by atoms with Gasteiger partial charge in [0, 0.05) is 37.7 Å². The number of rotatable bonds is 9. The topological polar surface area (TPSA) is 47.7 Å². The van der Waals surface area contributed by atoms with E-state index in [0.29, 0.717) is 19.3 Å². The Morgan fingerprint density at radius 2 is 2.05 bits per heavy atom. The van der Waals surface area contributed by atoms with Crippen LogP contribution in [0.4, 0.5) is 0 Å². The van der Waals surface area contributed by atoms with Crippen LogP contribution in [0.15, 0.2) is 17.5 Å². The molecule has 1 aromatic heterocycles. The van der Waals surface area contributed by atoms with Crippen molar-refractivity contribution in [3.05, 3.63) is 22.4 Å². The number of methoxy groups -OCH3 is 2. The van der Waals surface area contributed by atoms with Crippen molar-refractivity contribution in [2.75, 3.05) is 34.0 Å². The lowest BCUT2D eigenvalue weighted by Crippen LogP contribution is -2.46. The molecule has 0 fully saturated rings. The van der Waals surface area contributed by atoms with Gasteiger partial charge in [0.2, 0.25) is 0 Å². The van der Waals surface area contributed by atoms with Crippen molar-refractivity contribution < 1.29 is 9.47 Å². The normalized spacial score (nSPS) is 16.5. The van der Waals surface area contributed by atoms with Crippen LogP contribution in [0.1, 0.15) is 24.8 Å². The Kier molecular flexibility index (Phi) is 7.56. The zero-order chi connectivity index (χ0) is 14.3. The van der Waals surface area contributed by atoms with Crippen LogP contribution in [0.3, 0.4) is 0 Å². The van der Waals surface area contributed by atoms with Crippen LogP contribution in [0, 0.1) is 0 Å². The van der Waals surface area contributed by atoms with Gasteiger partial charge in [-0.1, -0.05) is 6.07 Å². The van der Waals surface area contributed by atoms with Gasteiger partial charge in [0.05, 0.1) is 19.3 Å². The first-order valence-electron chi connectivity index (χ1n) is 6.64. The van der Waals surface area contributed by atoms with Crippen molar-refractivity contribution in [1.82, 2.24) is 4.90 Å². The van der Waals surface area contributed by atoms with Gasteiger partial charge in [-0.05, 0) is 25.3 Å².